The third-order valence-electron chi connectivity index (χ3n) is 5.99. The van der Waals surface area contributed by atoms with Gasteiger partial charge in [-0.3, -0.25) is 0 Å². The quantitative estimate of drug-likeness (QED) is 0.499. The first-order chi connectivity index (χ1) is 14.3. The fourth-order valence-electron chi connectivity index (χ4n) is 4.58. The Morgan fingerprint density at radius 1 is 0.828 bits per heavy atom. The van der Waals surface area contributed by atoms with E-state index in [0.29, 0.717) is 6.42 Å². The molecule has 3 heterocycles. The molecule has 0 aliphatic carbocycles. The third kappa shape index (κ3) is 4.02. The molecule has 0 saturated carbocycles. The third-order valence-corrected chi connectivity index (χ3v) is 8.98. The van der Waals surface area contributed by atoms with Crippen molar-refractivity contribution in [2.45, 2.75) is 55.2 Å². The number of esters is 1. The van der Waals surface area contributed by atoms with E-state index in [1.807, 2.05) is 18.2 Å². The van der Waals surface area contributed by atoms with Crippen LogP contribution in [0.4, 0.5) is 0 Å². The second-order valence-electron chi connectivity index (χ2n) is 7.95. The molecular formula is C24H26O4Se. The van der Waals surface area contributed by atoms with Crippen molar-refractivity contribution < 1.29 is 19.0 Å². The van der Waals surface area contributed by atoms with Gasteiger partial charge in [0.25, 0.3) is 0 Å². The summed E-state index contributed by atoms with van der Waals surface area (Å²) >= 11 is 0.0937. The maximum absolute atomic E-state index is 12.2. The van der Waals surface area contributed by atoms with Gasteiger partial charge in [-0.25, -0.2) is 0 Å². The van der Waals surface area contributed by atoms with Gasteiger partial charge in [0.2, 0.25) is 0 Å². The minimum atomic E-state index is -0.154. The zero-order chi connectivity index (χ0) is 19.6. The molecule has 0 amide bonds. The van der Waals surface area contributed by atoms with Crippen LogP contribution in [-0.2, 0) is 19.0 Å². The van der Waals surface area contributed by atoms with E-state index in [4.69, 9.17) is 14.2 Å². The summed E-state index contributed by atoms with van der Waals surface area (Å²) in [5.74, 6) is -0.0843. The van der Waals surface area contributed by atoms with Crippen LogP contribution >= 0.6 is 0 Å². The predicted molar refractivity (Wildman–Crippen MR) is 111 cm³/mol. The average molecular weight is 457 g/mol. The summed E-state index contributed by atoms with van der Waals surface area (Å²) in [5.41, 5.74) is 3.71. The van der Waals surface area contributed by atoms with Crippen LogP contribution in [0.1, 0.15) is 67.1 Å². The first-order valence-corrected chi connectivity index (χ1v) is 12.4. The molecule has 5 rings (SSSR count). The second-order valence-corrected chi connectivity index (χ2v) is 10.6. The van der Waals surface area contributed by atoms with Crippen LogP contribution in [0.2, 0.25) is 4.82 Å². The standard InChI is InChI=1S/C24H26O4Se/c25-22-15-21(23(28-22)16-7-2-1-3-8-16)29-24-17(19-11-5-13-26-19)9-4-10-18(24)20-12-6-14-27-20/h1-4,7-10,19-21,23H,5-6,11-15H2/t19-,20-,21-,23+/m0/s1. The van der Waals surface area contributed by atoms with Gasteiger partial charge in [-0.15, -0.1) is 0 Å². The van der Waals surface area contributed by atoms with Gasteiger partial charge >= 0.3 is 178 Å². The van der Waals surface area contributed by atoms with E-state index in [2.05, 4.69) is 30.3 Å². The average Bonchev–Trinajstić information content (AvgIpc) is 3.51. The Kier molecular flexibility index (Phi) is 5.74. The van der Waals surface area contributed by atoms with Crippen LogP contribution in [-0.4, -0.2) is 34.1 Å². The van der Waals surface area contributed by atoms with Crippen molar-refractivity contribution in [3.8, 4) is 0 Å². The van der Waals surface area contributed by atoms with Crippen molar-refractivity contribution in [2.75, 3.05) is 13.2 Å². The van der Waals surface area contributed by atoms with Gasteiger partial charge in [0.05, 0.1) is 0 Å². The Bertz CT molecular complexity index is 822. The van der Waals surface area contributed by atoms with Crippen molar-refractivity contribution in [2.24, 2.45) is 0 Å². The second kappa shape index (κ2) is 8.61. The number of carbonyl (C=O) groups is 1. The van der Waals surface area contributed by atoms with Gasteiger partial charge in [0.1, 0.15) is 0 Å². The molecule has 0 N–H and O–H groups in total. The molecule has 3 aliphatic heterocycles. The van der Waals surface area contributed by atoms with Gasteiger partial charge in [0.15, 0.2) is 0 Å². The van der Waals surface area contributed by atoms with Crippen LogP contribution in [0.3, 0.4) is 0 Å². The van der Waals surface area contributed by atoms with E-state index in [9.17, 15) is 4.79 Å². The van der Waals surface area contributed by atoms with Crippen LogP contribution in [0.5, 0.6) is 0 Å². The van der Waals surface area contributed by atoms with Crippen LogP contribution < -0.4 is 4.46 Å². The molecule has 2 aromatic carbocycles. The van der Waals surface area contributed by atoms with Crippen molar-refractivity contribution in [1.29, 1.82) is 0 Å². The Labute approximate surface area is 178 Å². The summed E-state index contributed by atoms with van der Waals surface area (Å²) < 4.78 is 19.3. The molecule has 0 radical (unpaired) electrons. The molecule has 3 saturated heterocycles. The number of ether oxygens (including phenoxy) is 3. The molecule has 4 nitrogen and oxygen atoms in total. The molecule has 0 bridgehead atoms. The van der Waals surface area contributed by atoms with E-state index in [1.54, 1.807) is 0 Å². The normalized spacial score (nSPS) is 29.3. The fraction of sp³-hybridized carbons (Fsp3) is 0.458. The molecule has 4 atom stereocenters. The summed E-state index contributed by atoms with van der Waals surface area (Å²) in [6.45, 7) is 1.66. The van der Waals surface area contributed by atoms with Crippen molar-refractivity contribution >= 4 is 25.4 Å². The van der Waals surface area contributed by atoms with Crippen molar-refractivity contribution in [3.05, 3.63) is 65.2 Å². The molecule has 3 fully saturated rings. The summed E-state index contributed by atoms with van der Waals surface area (Å²) in [6, 6.07) is 16.8. The Balaban J connectivity index is 1.50. The molecule has 0 spiro atoms. The first kappa shape index (κ1) is 19.3. The Morgan fingerprint density at radius 2 is 1.48 bits per heavy atom. The number of carbonyl (C=O) groups excluding carboxylic acids is 1. The number of hydrogen-bond acceptors (Lipinski definition) is 4. The Hall–Kier alpha value is -1.65. The molecule has 2 aromatic rings. The van der Waals surface area contributed by atoms with E-state index in [-0.39, 0.29) is 44.1 Å². The van der Waals surface area contributed by atoms with Gasteiger partial charge in [0, 0.05) is 0 Å². The number of hydrogen-bond donors (Lipinski definition) is 0. The zero-order valence-corrected chi connectivity index (χ0v) is 18.1. The molecule has 0 unspecified atom stereocenters. The Morgan fingerprint density at radius 3 is 2.07 bits per heavy atom. The zero-order valence-electron chi connectivity index (χ0n) is 16.4. The number of benzene rings is 2. The van der Waals surface area contributed by atoms with Gasteiger partial charge in [-0.2, -0.15) is 0 Å². The summed E-state index contributed by atoms with van der Waals surface area (Å²) in [6.07, 6.45) is 5.03. The fourth-order valence-corrected chi connectivity index (χ4v) is 7.79. The maximum atomic E-state index is 12.2. The van der Waals surface area contributed by atoms with E-state index < -0.39 is 0 Å². The monoisotopic (exact) mass is 458 g/mol. The van der Waals surface area contributed by atoms with Crippen LogP contribution in [0, 0.1) is 0 Å². The summed E-state index contributed by atoms with van der Waals surface area (Å²) in [7, 11) is 0. The van der Waals surface area contributed by atoms with Gasteiger partial charge in [-0.1, -0.05) is 0 Å². The summed E-state index contributed by atoms with van der Waals surface area (Å²) in [4.78, 5) is 12.4. The van der Waals surface area contributed by atoms with Crippen LogP contribution in [0.15, 0.2) is 48.5 Å². The molecule has 152 valence electrons. The SMILES string of the molecule is O=C1C[C@H]([Se]c2c([C@@H]3CCCO3)cccc2[C@@H]2CCCO2)[C@@H](c2ccccc2)O1. The van der Waals surface area contributed by atoms with Gasteiger partial charge < -0.3 is 0 Å². The van der Waals surface area contributed by atoms with Gasteiger partial charge in [-0.05, 0) is 0 Å². The molecule has 3 aliphatic rings. The number of rotatable bonds is 5. The number of cyclic esters (lactones) is 1. The van der Waals surface area contributed by atoms with Crippen molar-refractivity contribution in [1.82, 2.24) is 0 Å². The topological polar surface area (TPSA) is 44.8 Å². The molecule has 29 heavy (non-hydrogen) atoms. The van der Waals surface area contributed by atoms with Crippen LogP contribution in [0.25, 0.3) is 0 Å². The summed E-state index contributed by atoms with van der Waals surface area (Å²) in [5, 5.41) is 0. The molecular weight excluding hydrogens is 431 g/mol. The minimum absolute atomic E-state index is 0.0843. The molecule has 5 heteroatoms. The first-order valence-electron chi connectivity index (χ1n) is 10.6. The van der Waals surface area contributed by atoms with Crippen molar-refractivity contribution in [3.63, 3.8) is 0 Å². The van der Waals surface area contributed by atoms with E-state index in [1.165, 1.54) is 15.6 Å². The van der Waals surface area contributed by atoms with E-state index >= 15 is 0 Å². The predicted octanol–water partition coefficient (Wildman–Crippen LogP) is 4.20. The van der Waals surface area contributed by atoms with E-state index in [0.717, 1.165) is 44.5 Å². The molecule has 0 aromatic heterocycles.